The third-order valence-corrected chi connectivity index (χ3v) is 5.61. The summed E-state index contributed by atoms with van der Waals surface area (Å²) >= 11 is 0. The highest BCUT2D eigenvalue weighted by Gasteiger charge is 2.28. The maximum Gasteiger partial charge on any atom is 0.354 e. The van der Waals surface area contributed by atoms with Gasteiger partial charge in [-0.3, -0.25) is 9.69 Å². The summed E-state index contributed by atoms with van der Waals surface area (Å²) < 4.78 is 19.9. The zero-order valence-corrected chi connectivity index (χ0v) is 16.6. The average Bonchev–Trinajstić information content (AvgIpc) is 2.74. The highest BCUT2D eigenvalue weighted by Crippen LogP contribution is 2.32. The Labute approximate surface area is 173 Å². The first-order valence-corrected chi connectivity index (χ1v) is 10.0. The topological polar surface area (TPSA) is 105 Å². The van der Waals surface area contributed by atoms with Crippen LogP contribution in [-0.2, 0) is 11.3 Å². The van der Waals surface area contributed by atoms with E-state index in [2.05, 4.69) is 20.2 Å². The van der Waals surface area contributed by atoms with Crippen molar-refractivity contribution in [2.45, 2.75) is 44.8 Å². The van der Waals surface area contributed by atoms with Crippen molar-refractivity contribution < 1.29 is 23.8 Å². The molecule has 0 aromatic carbocycles. The predicted octanol–water partition coefficient (Wildman–Crippen LogP) is 2.80. The summed E-state index contributed by atoms with van der Waals surface area (Å²) in [5.74, 6) is -1.64. The lowest BCUT2D eigenvalue weighted by atomic mass is 9.90. The highest BCUT2D eigenvalue weighted by atomic mass is 19.1. The SMILES string of the molecule is CCC1Oc2ncc(CN3CCC(c4ccc(C(=O)O)nc4F)CC3)cc2NC1=O. The number of piperidine rings is 1. The van der Waals surface area contributed by atoms with Crippen LogP contribution in [0.5, 0.6) is 5.88 Å². The Hall–Kier alpha value is -3.07. The predicted molar refractivity (Wildman–Crippen MR) is 106 cm³/mol. The van der Waals surface area contributed by atoms with Crippen molar-refractivity contribution in [3.05, 3.63) is 47.2 Å². The highest BCUT2D eigenvalue weighted by molar-refractivity contribution is 5.97. The van der Waals surface area contributed by atoms with Crippen LogP contribution in [0.15, 0.2) is 24.4 Å². The van der Waals surface area contributed by atoms with E-state index >= 15 is 0 Å². The number of fused-ring (bicyclic) bond motifs is 1. The molecule has 4 heterocycles. The number of rotatable bonds is 5. The smallest absolute Gasteiger partial charge is 0.354 e. The van der Waals surface area contributed by atoms with Gasteiger partial charge in [-0.05, 0) is 56.0 Å². The molecule has 1 fully saturated rings. The lowest BCUT2D eigenvalue weighted by molar-refractivity contribution is -0.123. The number of carboxylic acid groups (broad SMARTS) is 1. The third-order valence-electron chi connectivity index (χ3n) is 5.61. The minimum Gasteiger partial charge on any atom is -0.477 e. The molecule has 1 unspecified atom stereocenters. The van der Waals surface area contributed by atoms with Gasteiger partial charge in [-0.15, -0.1) is 0 Å². The Kier molecular flexibility index (Phi) is 5.63. The second-order valence-corrected chi connectivity index (χ2v) is 7.63. The molecule has 8 nitrogen and oxygen atoms in total. The average molecular weight is 414 g/mol. The summed E-state index contributed by atoms with van der Waals surface area (Å²) in [5, 5.41) is 11.8. The van der Waals surface area contributed by atoms with Crippen LogP contribution < -0.4 is 10.1 Å². The normalized spacial score (nSPS) is 19.7. The van der Waals surface area contributed by atoms with Gasteiger partial charge in [-0.1, -0.05) is 13.0 Å². The number of hydrogen-bond donors (Lipinski definition) is 2. The first-order chi connectivity index (χ1) is 14.4. The van der Waals surface area contributed by atoms with E-state index in [0.29, 0.717) is 30.1 Å². The summed E-state index contributed by atoms with van der Waals surface area (Å²) in [4.78, 5) is 33.1. The molecular weight excluding hydrogens is 391 g/mol. The van der Waals surface area contributed by atoms with Gasteiger partial charge >= 0.3 is 5.97 Å². The Bertz CT molecular complexity index is 975. The van der Waals surface area contributed by atoms with Crippen LogP contribution in [0.3, 0.4) is 0 Å². The number of carbonyl (C=O) groups is 2. The van der Waals surface area contributed by atoms with E-state index in [-0.39, 0.29) is 17.5 Å². The van der Waals surface area contributed by atoms with E-state index in [4.69, 9.17) is 9.84 Å². The van der Waals surface area contributed by atoms with Crippen molar-refractivity contribution in [1.82, 2.24) is 14.9 Å². The van der Waals surface area contributed by atoms with Crippen LogP contribution in [-0.4, -0.2) is 51.0 Å². The molecule has 0 saturated carbocycles. The fraction of sp³-hybridized carbons (Fsp3) is 0.429. The molecule has 1 amide bonds. The second-order valence-electron chi connectivity index (χ2n) is 7.63. The van der Waals surface area contributed by atoms with Crippen LogP contribution >= 0.6 is 0 Å². The Morgan fingerprint density at radius 2 is 2.13 bits per heavy atom. The summed E-state index contributed by atoms with van der Waals surface area (Å²) in [5.41, 5.74) is 1.74. The van der Waals surface area contributed by atoms with Gasteiger partial charge in [0, 0.05) is 18.3 Å². The van der Waals surface area contributed by atoms with Crippen molar-refractivity contribution >= 4 is 17.6 Å². The Morgan fingerprint density at radius 3 is 2.80 bits per heavy atom. The van der Waals surface area contributed by atoms with Gasteiger partial charge < -0.3 is 15.2 Å². The van der Waals surface area contributed by atoms with Gasteiger partial charge in [0.1, 0.15) is 5.69 Å². The minimum absolute atomic E-state index is 0.0110. The van der Waals surface area contributed by atoms with Crippen molar-refractivity contribution in [2.75, 3.05) is 18.4 Å². The van der Waals surface area contributed by atoms with Crippen molar-refractivity contribution in [3.8, 4) is 5.88 Å². The second kappa shape index (κ2) is 8.35. The molecule has 0 spiro atoms. The molecule has 0 radical (unpaired) electrons. The number of aromatic nitrogens is 2. The number of ether oxygens (including phenoxy) is 1. The van der Waals surface area contributed by atoms with E-state index in [1.54, 1.807) is 6.20 Å². The van der Waals surface area contributed by atoms with Crippen molar-refractivity contribution in [2.24, 2.45) is 0 Å². The number of likely N-dealkylation sites (tertiary alicyclic amines) is 1. The summed E-state index contributed by atoms with van der Waals surface area (Å²) in [6.45, 7) is 4.08. The molecule has 2 aromatic heterocycles. The third kappa shape index (κ3) is 4.11. The van der Waals surface area contributed by atoms with E-state index in [9.17, 15) is 14.0 Å². The zero-order chi connectivity index (χ0) is 21.3. The molecule has 4 rings (SSSR count). The molecule has 0 bridgehead atoms. The van der Waals surface area contributed by atoms with E-state index in [1.165, 1.54) is 12.1 Å². The van der Waals surface area contributed by atoms with Gasteiger partial charge in [0.2, 0.25) is 11.8 Å². The van der Waals surface area contributed by atoms with Gasteiger partial charge in [0.25, 0.3) is 5.91 Å². The van der Waals surface area contributed by atoms with Crippen molar-refractivity contribution in [3.63, 3.8) is 0 Å². The monoisotopic (exact) mass is 414 g/mol. The summed E-state index contributed by atoms with van der Waals surface area (Å²) in [6, 6.07) is 4.77. The molecule has 0 aliphatic carbocycles. The molecule has 2 N–H and O–H groups in total. The lowest BCUT2D eigenvalue weighted by Crippen LogP contribution is -2.37. The molecular formula is C21H23FN4O4. The standard InChI is InChI=1S/C21H23FN4O4/c1-2-17-19(27)25-16-9-12(10-23-20(16)30-17)11-26-7-5-13(6-8-26)14-3-4-15(21(28)29)24-18(14)22/h3-4,9-10,13,17H,2,5-8,11H2,1H3,(H,25,27)(H,28,29). The number of carbonyl (C=O) groups excluding carboxylic acids is 1. The number of nitrogens with one attached hydrogen (secondary N) is 1. The fourth-order valence-electron chi connectivity index (χ4n) is 3.96. The van der Waals surface area contributed by atoms with Crippen LogP contribution in [0.25, 0.3) is 0 Å². The number of aromatic carboxylic acids is 1. The maximum absolute atomic E-state index is 14.2. The van der Waals surface area contributed by atoms with Crippen molar-refractivity contribution in [1.29, 1.82) is 0 Å². The number of amides is 1. The molecule has 2 aliphatic heterocycles. The van der Waals surface area contributed by atoms with Crippen LogP contribution in [0.4, 0.5) is 10.1 Å². The minimum atomic E-state index is -1.24. The summed E-state index contributed by atoms with van der Waals surface area (Å²) in [6.07, 6.45) is 3.33. The van der Waals surface area contributed by atoms with Gasteiger partial charge in [-0.2, -0.15) is 4.39 Å². The number of pyridine rings is 2. The van der Waals surface area contributed by atoms with Gasteiger partial charge in [0.15, 0.2) is 11.8 Å². The molecule has 9 heteroatoms. The van der Waals surface area contributed by atoms with E-state index < -0.39 is 18.0 Å². The Balaban J connectivity index is 1.37. The molecule has 158 valence electrons. The van der Waals surface area contributed by atoms with E-state index in [1.807, 2.05) is 13.0 Å². The fourth-order valence-corrected chi connectivity index (χ4v) is 3.96. The number of carboxylic acids is 1. The quantitative estimate of drug-likeness (QED) is 0.725. The van der Waals surface area contributed by atoms with Gasteiger partial charge in [0.05, 0.1) is 0 Å². The van der Waals surface area contributed by atoms with Gasteiger partial charge in [-0.25, -0.2) is 14.8 Å². The first kappa shape index (κ1) is 20.2. The Morgan fingerprint density at radius 1 is 1.37 bits per heavy atom. The zero-order valence-electron chi connectivity index (χ0n) is 16.6. The lowest BCUT2D eigenvalue weighted by Gasteiger charge is -2.32. The number of anilines is 1. The van der Waals surface area contributed by atoms with Crippen LogP contribution in [0.2, 0.25) is 0 Å². The maximum atomic E-state index is 14.2. The number of hydrogen-bond acceptors (Lipinski definition) is 6. The molecule has 1 saturated heterocycles. The molecule has 2 aliphatic rings. The first-order valence-electron chi connectivity index (χ1n) is 10.0. The molecule has 30 heavy (non-hydrogen) atoms. The summed E-state index contributed by atoms with van der Waals surface area (Å²) in [7, 11) is 0. The van der Waals surface area contributed by atoms with E-state index in [0.717, 1.165) is 31.5 Å². The molecule has 2 aromatic rings. The number of nitrogens with zero attached hydrogens (tertiary/aromatic N) is 3. The van der Waals surface area contributed by atoms with Crippen LogP contribution in [0.1, 0.15) is 53.7 Å². The number of halogens is 1. The molecule has 1 atom stereocenters. The largest absolute Gasteiger partial charge is 0.477 e. The van der Waals surface area contributed by atoms with Crippen LogP contribution in [0, 0.1) is 5.95 Å².